The van der Waals surface area contributed by atoms with Crippen LogP contribution < -0.4 is 0 Å². The first kappa shape index (κ1) is 11.4. The lowest BCUT2D eigenvalue weighted by molar-refractivity contribution is 0.0255. The Kier molecular flexibility index (Phi) is 3.15. The molecule has 0 aliphatic carbocycles. The fourth-order valence-electron chi connectivity index (χ4n) is 1.90. The van der Waals surface area contributed by atoms with E-state index in [4.69, 9.17) is 5.11 Å². The van der Waals surface area contributed by atoms with E-state index in [-0.39, 0.29) is 12.6 Å². The number of rotatable bonds is 1. The van der Waals surface area contributed by atoms with Gasteiger partial charge in [-0.15, -0.1) is 0 Å². The lowest BCUT2D eigenvalue weighted by Gasteiger charge is -2.34. The average Bonchev–Trinajstić information content (AvgIpc) is 2.64. The molecule has 6 nitrogen and oxygen atoms in total. The van der Waals surface area contributed by atoms with E-state index < -0.39 is 12.2 Å². The molecule has 1 saturated heterocycles. The van der Waals surface area contributed by atoms with Gasteiger partial charge in [0.05, 0.1) is 29.4 Å². The van der Waals surface area contributed by atoms with Crippen LogP contribution in [-0.4, -0.2) is 50.2 Å². The van der Waals surface area contributed by atoms with Gasteiger partial charge in [-0.2, -0.15) is 5.10 Å². The van der Waals surface area contributed by atoms with E-state index in [0.717, 1.165) is 4.47 Å². The number of halogens is 1. The topological polar surface area (TPSA) is 78.6 Å². The van der Waals surface area contributed by atoms with Gasteiger partial charge in [0.2, 0.25) is 0 Å². The molecule has 1 aliphatic rings. The molecule has 1 fully saturated rings. The maximum atomic E-state index is 10.7. The van der Waals surface area contributed by atoms with Gasteiger partial charge in [-0.25, -0.2) is 4.79 Å². The fraction of sp³-hybridized carbons (Fsp3) is 0.556. The first-order valence-electron chi connectivity index (χ1n) is 4.93. The number of nitrogens with zero attached hydrogens (tertiary/aromatic N) is 3. The fourth-order valence-corrected chi connectivity index (χ4v) is 2.20. The van der Waals surface area contributed by atoms with Crippen LogP contribution in [0.2, 0.25) is 0 Å². The number of piperidine rings is 1. The SMILES string of the molecule is O=C(O)N1CCC(n2cc(Br)cn2)C(O)C1. The number of aliphatic hydroxyl groups excluding tert-OH is 1. The molecule has 7 heteroatoms. The summed E-state index contributed by atoms with van der Waals surface area (Å²) in [7, 11) is 0. The highest BCUT2D eigenvalue weighted by Gasteiger charge is 2.31. The summed E-state index contributed by atoms with van der Waals surface area (Å²) in [6, 6.07) is -0.151. The number of likely N-dealkylation sites (tertiary alicyclic amines) is 1. The van der Waals surface area contributed by atoms with Gasteiger partial charge in [-0.3, -0.25) is 4.68 Å². The van der Waals surface area contributed by atoms with Crippen molar-refractivity contribution in [2.24, 2.45) is 0 Å². The number of amides is 1. The standard InChI is InChI=1S/C9H12BrN3O3/c10-6-3-11-13(4-6)7-1-2-12(9(15)16)5-8(7)14/h3-4,7-8,14H,1-2,5H2,(H,15,16). The zero-order chi connectivity index (χ0) is 11.7. The van der Waals surface area contributed by atoms with E-state index in [0.29, 0.717) is 13.0 Å². The Balaban J connectivity index is 2.07. The van der Waals surface area contributed by atoms with Crippen molar-refractivity contribution in [1.82, 2.24) is 14.7 Å². The molecule has 0 saturated carbocycles. The van der Waals surface area contributed by atoms with Crippen molar-refractivity contribution in [3.8, 4) is 0 Å². The Morgan fingerprint density at radius 3 is 2.88 bits per heavy atom. The van der Waals surface area contributed by atoms with Crippen LogP contribution in [0.1, 0.15) is 12.5 Å². The summed E-state index contributed by atoms with van der Waals surface area (Å²) in [6.07, 6.45) is 2.30. The second kappa shape index (κ2) is 4.42. The van der Waals surface area contributed by atoms with E-state index in [2.05, 4.69) is 21.0 Å². The molecule has 1 amide bonds. The molecule has 0 aromatic carbocycles. The van der Waals surface area contributed by atoms with Gasteiger partial charge in [0, 0.05) is 12.7 Å². The molecule has 16 heavy (non-hydrogen) atoms. The number of hydrogen-bond donors (Lipinski definition) is 2. The minimum Gasteiger partial charge on any atom is -0.465 e. The third-order valence-electron chi connectivity index (χ3n) is 2.73. The van der Waals surface area contributed by atoms with E-state index in [1.165, 1.54) is 4.90 Å². The highest BCUT2D eigenvalue weighted by Crippen LogP contribution is 2.23. The van der Waals surface area contributed by atoms with Crippen LogP contribution >= 0.6 is 15.9 Å². The van der Waals surface area contributed by atoms with Crippen molar-refractivity contribution in [3.63, 3.8) is 0 Å². The Labute approximate surface area is 101 Å². The van der Waals surface area contributed by atoms with Crippen LogP contribution in [0.15, 0.2) is 16.9 Å². The van der Waals surface area contributed by atoms with E-state index in [1.807, 2.05) is 0 Å². The van der Waals surface area contributed by atoms with Crippen molar-refractivity contribution < 1.29 is 15.0 Å². The third-order valence-corrected chi connectivity index (χ3v) is 3.14. The third kappa shape index (κ3) is 2.19. The first-order valence-corrected chi connectivity index (χ1v) is 5.73. The van der Waals surface area contributed by atoms with Crippen molar-refractivity contribution in [3.05, 3.63) is 16.9 Å². The molecule has 2 N–H and O–H groups in total. The van der Waals surface area contributed by atoms with E-state index in [1.54, 1.807) is 17.1 Å². The lowest BCUT2D eigenvalue weighted by atomic mass is 10.0. The smallest absolute Gasteiger partial charge is 0.407 e. The average molecular weight is 290 g/mol. The highest BCUT2D eigenvalue weighted by atomic mass is 79.9. The van der Waals surface area contributed by atoms with Crippen LogP contribution in [0.4, 0.5) is 4.79 Å². The molecule has 0 bridgehead atoms. The molecular formula is C9H12BrN3O3. The maximum absolute atomic E-state index is 10.7. The Bertz CT molecular complexity index is 395. The lowest BCUT2D eigenvalue weighted by Crippen LogP contribution is -2.46. The van der Waals surface area contributed by atoms with Gasteiger partial charge < -0.3 is 15.1 Å². The summed E-state index contributed by atoms with van der Waals surface area (Å²) < 4.78 is 2.52. The maximum Gasteiger partial charge on any atom is 0.407 e. The molecule has 88 valence electrons. The predicted octanol–water partition coefficient (Wildman–Crippen LogP) is 0.931. The number of aliphatic hydroxyl groups is 1. The van der Waals surface area contributed by atoms with Crippen molar-refractivity contribution >= 4 is 22.0 Å². The van der Waals surface area contributed by atoms with Crippen LogP contribution in [0.25, 0.3) is 0 Å². The van der Waals surface area contributed by atoms with Crippen molar-refractivity contribution in [2.45, 2.75) is 18.6 Å². The number of carboxylic acid groups (broad SMARTS) is 1. The normalized spacial score (nSPS) is 25.8. The molecule has 2 rings (SSSR count). The summed E-state index contributed by atoms with van der Waals surface area (Å²) in [5.74, 6) is 0. The molecule has 0 radical (unpaired) electrons. The minimum absolute atomic E-state index is 0.136. The van der Waals surface area contributed by atoms with Gasteiger partial charge in [-0.05, 0) is 22.4 Å². The van der Waals surface area contributed by atoms with Gasteiger partial charge in [0.15, 0.2) is 0 Å². The molecule has 2 atom stereocenters. The van der Waals surface area contributed by atoms with Crippen LogP contribution in [-0.2, 0) is 0 Å². The molecular weight excluding hydrogens is 278 g/mol. The summed E-state index contributed by atoms with van der Waals surface area (Å²) in [4.78, 5) is 12.0. The Morgan fingerprint density at radius 2 is 2.38 bits per heavy atom. The molecule has 0 spiro atoms. The predicted molar refractivity (Wildman–Crippen MR) is 59.2 cm³/mol. The summed E-state index contributed by atoms with van der Waals surface area (Å²) in [5.41, 5.74) is 0. The first-order chi connectivity index (χ1) is 7.58. The second-order valence-corrected chi connectivity index (χ2v) is 4.71. The minimum atomic E-state index is -0.987. The Hall–Kier alpha value is -1.08. The molecule has 1 aromatic heterocycles. The van der Waals surface area contributed by atoms with E-state index >= 15 is 0 Å². The van der Waals surface area contributed by atoms with Gasteiger partial charge in [0.1, 0.15) is 0 Å². The number of carbonyl (C=O) groups is 1. The monoisotopic (exact) mass is 289 g/mol. The van der Waals surface area contributed by atoms with Crippen molar-refractivity contribution in [2.75, 3.05) is 13.1 Å². The quantitative estimate of drug-likeness (QED) is 0.806. The highest BCUT2D eigenvalue weighted by molar-refractivity contribution is 9.10. The molecule has 1 aliphatic heterocycles. The molecule has 2 unspecified atom stereocenters. The van der Waals surface area contributed by atoms with Gasteiger partial charge in [0.25, 0.3) is 0 Å². The van der Waals surface area contributed by atoms with Crippen LogP contribution in [0, 0.1) is 0 Å². The summed E-state index contributed by atoms with van der Waals surface area (Å²) >= 11 is 3.28. The van der Waals surface area contributed by atoms with Crippen LogP contribution in [0.5, 0.6) is 0 Å². The summed E-state index contributed by atoms with van der Waals surface area (Å²) in [5, 5.41) is 22.8. The second-order valence-electron chi connectivity index (χ2n) is 3.79. The zero-order valence-corrected chi connectivity index (χ0v) is 10.0. The largest absolute Gasteiger partial charge is 0.465 e. The number of β-amino-alcohol motifs (C(OH)–C–C–N with tert-alkyl or cyclic N) is 1. The zero-order valence-electron chi connectivity index (χ0n) is 8.45. The van der Waals surface area contributed by atoms with Crippen LogP contribution in [0.3, 0.4) is 0 Å². The van der Waals surface area contributed by atoms with Crippen molar-refractivity contribution in [1.29, 1.82) is 0 Å². The number of hydrogen-bond acceptors (Lipinski definition) is 3. The molecule has 2 heterocycles. The van der Waals surface area contributed by atoms with Gasteiger partial charge in [-0.1, -0.05) is 0 Å². The summed E-state index contributed by atoms with van der Waals surface area (Å²) in [6.45, 7) is 0.562. The number of aromatic nitrogens is 2. The molecule has 1 aromatic rings. The van der Waals surface area contributed by atoms with E-state index in [9.17, 15) is 9.90 Å². The van der Waals surface area contributed by atoms with Gasteiger partial charge >= 0.3 is 6.09 Å². The Morgan fingerprint density at radius 1 is 1.62 bits per heavy atom.